The molecule has 3 aliphatic rings. The van der Waals surface area contributed by atoms with Gasteiger partial charge in [-0.2, -0.15) is 0 Å². The Balaban J connectivity index is 1.86. The van der Waals surface area contributed by atoms with Crippen molar-refractivity contribution in [3.05, 3.63) is 23.8 Å². The van der Waals surface area contributed by atoms with Crippen molar-refractivity contribution in [3.63, 3.8) is 0 Å². The average molecular weight is 246 g/mol. The van der Waals surface area contributed by atoms with Gasteiger partial charge in [-0.25, -0.2) is 0 Å². The third-order valence-electron chi connectivity index (χ3n) is 5.83. The fourth-order valence-corrected chi connectivity index (χ4v) is 4.64. The van der Waals surface area contributed by atoms with Crippen LogP contribution >= 0.6 is 0 Å². The Morgan fingerprint density at radius 1 is 1.39 bits per heavy atom. The monoisotopic (exact) mass is 246 g/mol. The zero-order valence-electron chi connectivity index (χ0n) is 11.7. The van der Waals surface area contributed by atoms with Gasteiger partial charge in [0.25, 0.3) is 0 Å². The molecule has 1 heteroatoms. The third kappa shape index (κ3) is 1.79. The number of fused-ring (bicyclic) bond motifs is 3. The first kappa shape index (κ1) is 12.5. The number of allylic oxidation sites excluding steroid dienone is 4. The van der Waals surface area contributed by atoms with Crippen LogP contribution in [0.4, 0.5) is 0 Å². The molecule has 0 aromatic heterocycles. The van der Waals surface area contributed by atoms with E-state index in [9.17, 15) is 5.11 Å². The molecule has 1 fully saturated rings. The van der Waals surface area contributed by atoms with E-state index < -0.39 is 0 Å². The van der Waals surface area contributed by atoms with Crippen LogP contribution in [0.2, 0.25) is 0 Å². The van der Waals surface area contributed by atoms with Crippen molar-refractivity contribution in [1.29, 1.82) is 0 Å². The first-order chi connectivity index (χ1) is 8.65. The maximum atomic E-state index is 10.3. The van der Waals surface area contributed by atoms with Gasteiger partial charge in [0.2, 0.25) is 0 Å². The van der Waals surface area contributed by atoms with Crippen LogP contribution in [0.5, 0.6) is 0 Å². The van der Waals surface area contributed by atoms with Crippen molar-refractivity contribution in [2.75, 3.05) is 0 Å². The van der Waals surface area contributed by atoms with Gasteiger partial charge in [0.15, 0.2) is 0 Å². The summed E-state index contributed by atoms with van der Waals surface area (Å²) < 4.78 is 0. The minimum absolute atomic E-state index is 0.0733. The van der Waals surface area contributed by atoms with Gasteiger partial charge in [-0.3, -0.25) is 0 Å². The molecular weight excluding hydrogens is 220 g/mol. The Morgan fingerprint density at radius 3 is 3.00 bits per heavy atom. The molecule has 0 aliphatic heterocycles. The van der Waals surface area contributed by atoms with Crippen LogP contribution in [0.15, 0.2) is 23.8 Å². The van der Waals surface area contributed by atoms with Crippen molar-refractivity contribution in [3.8, 4) is 0 Å². The molecule has 0 radical (unpaired) electrons. The lowest BCUT2D eigenvalue weighted by atomic mass is 9.60. The van der Waals surface area contributed by atoms with Gasteiger partial charge >= 0.3 is 0 Å². The molecule has 1 saturated carbocycles. The lowest BCUT2D eigenvalue weighted by Crippen LogP contribution is -2.40. The summed E-state index contributed by atoms with van der Waals surface area (Å²) in [5.41, 5.74) is 1.73. The molecular formula is C17H26O. The SMILES string of the molecule is CCC[C@@H]1C=CC2=CC[C@]3(C)[C@@H](O)CC[C@H]3[C@@H]2C1. The molecule has 0 heterocycles. The summed E-state index contributed by atoms with van der Waals surface area (Å²) >= 11 is 0. The van der Waals surface area contributed by atoms with Gasteiger partial charge < -0.3 is 5.11 Å². The van der Waals surface area contributed by atoms with Crippen molar-refractivity contribution in [2.45, 2.75) is 58.5 Å². The van der Waals surface area contributed by atoms with Crippen LogP contribution in [-0.4, -0.2) is 11.2 Å². The van der Waals surface area contributed by atoms with E-state index in [2.05, 4.69) is 32.1 Å². The first-order valence-corrected chi connectivity index (χ1v) is 7.71. The van der Waals surface area contributed by atoms with Gasteiger partial charge in [-0.15, -0.1) is 0 Å². The zero-order valence-corrected chi connectivity index (χ0v) is 11.7. The lowest BCUT2D eigenvalue weighted by Gasteiger charge is -2.45. The molecule has 0 bridgehead atoms. The normalized spacial score (nSPS) is 46.5. The summed E-state index contributed by atoms with van der Waals surface area (Å²) in [6.07, 6.45) is 14.4. The fourth-order valence-electron chi connectivity index (χ4n) is 4.64. The Morgan fingerprint density at radius 2 is 2.22 bits per heavy atom. The van der Waals surface area contributed by atoms with E-state index in [-0.39, 0.29) is 11.5 Å². The predicted octanol–water partition coefficient (Wildman–Crippen LogP) is 4.09. The topological polar surface area (TPSA) is 20.2 Å². The molecule has 18 heavy (non-hydrogen) atoms. The zero-order chi connectivity index (χ0) is 12.8. The first-order valence-electron chi connectivity index (χ1n) is 7.71. The van der Waals surface area contributed by atoms with Crippen molar-refractivity contribution in [2.24, 2.45) is 23.2 Å². The number of aliphatic hydroxyl groups is 1. The van der Waals surface area contributed by atoms with Crippen LogP contribution in [0, 0.1) is 23.2 Å². The van der Waals surface area contributed by atoms with E-state index in [1.54, 1.807) is 5.57 Å². The van der Waals surface area contributed by atoms with Gasteiger partial charge in [0.1, 0.15) is 0 Å². The summed E-state index contributed by atoms with van der Waals surface area (Å²) in [5, 5.41) is 10.3. The van der Waals surface area contributed by atoms with Crippen molar-refractivity contribution < 1.29 is 5.11 Å². The number of hydrogen-bond donors (Lipinski definition) is 1. The molecule has 1 N–H and O–H groups in total. The fraction of sp³-hybridized carbons (Fsp3) is 0.765. The summed E-state index contributed by atoms with van der Waals surface area (Å²) in [5.74, 6) is 2.22. The van der Waals surface area contributed by atoms with E-state index >= 15 is 0 Å². The Hall–Kier alpha value is -0.560. The Bertz CT molecular complexity index is 381. The van der Waals surface area contributed by atoms with E-state index in [1.807, 2.05) is 0 Å². The molecule has 0 saturated heterocycles. The van der Waals surface area contributed by atoms with Crippen LogP contribution in [-0.2, 0) is 0 Å². The van der Waals surface area contributed by atoms with Gasteiger partial charge in [0, 0.05) is 5.41 Å². The maximum absolute atomic E-state index is 10.3. The van der Waals surface area contributed by atoms with Gasteiger partial charge in [-0.1, -0.05) is 38.5 Å². The summed E-state index contributed by atoms with van der Waals surface area (Å²) in [7, 11) is 0. The largest absolute Gasteiger partial charge is 0.393 e. The molecule has 0 amide bonds. The maximum Gasteiger partial charge on any atom is 0.0599 e. The average Bonchev–Trinajstić information content (AvgIpc) is 2.67. The highest BCUT2D eigenvalue weighted by atomic mass is 16.3. The highest BCUT2D eigenvalue weighted by Gasteiger charge is 2.51. The second-order valence-electron chi connectivity index (χ2n) is 6.86. The van der Waals surface area contributed by atoms with E-state index in [4.69, 9.17) is 0 Å². The van der Waals surface area contributed by atoms with Crippen LogP contribution in [0.1, 0.15) is 52.4 Å². The molecule has 0 spiro atoms. The predicted molar refractivity (Wildman–Crippen MR) is 75.2 cm³/mol. The van der Waals surface area contributed by atoms with Crippen LogP contribution < -0.4 is 0 Å². The molecule has 3 aliphatic carbocycles. The molecule has 5 atom stereocenters. The molecule has 100 valence electrons. The van der Waals surface area contributed by atoms with Crippen LogP contribution in [0.3, 0.4) is 0 Å². The smallest absolute Gasteiger partial charge is 0.0599 e. The molecule has 1 nitrogen and oxygen atoms in total. The molecule has 0 aromatic rings. The minimum atomic E-state index is -0.0733. The highest BCUT2D eigenvalue weighted by molar-refractivity contribution is 5.31. The summed E-state index contributed by atoms with van der Waals surface area (Å²) in [4.78, 5) is 0. The van der Waals surface area contributed by atoms with Crippen molar-refractivity contribution >= 4 is 0 Å². The minimum Gasteiger partial charge on any atom is -0.393 e. The van der Waals surface area contributed by atoms with E-state index in [0.29, 0.717) is 0 Å². The highest BCUT2D eigenvalue weighted by Crippen LogP contribution is 2.56. The Kier molecular flexibility index (Phi) is 3.13. The summed E-state index contributed by atoms with van der Waals surface area (Å²) in [6.45, 7) is 4.60. The van der Waals surface area contributed by atoms with Gasteiger partial charge in [-0.05, 0) is 55.4 Å². The number of hydrogen-bond acceptors (Lipinski definition) is 1. The molecule has 0 aromatic carbocycles. The molecule has 0 unspecified atom stereocenters. The van der Waals surface area contributed by atoms with Gasteiger partial charge in [0.05, 0.1) is 6.10 Å². The van der Waals surface area contributed by atoms with Crippen LogP contribution in [0.25, 0.3) is 0 Å². The standard InChI is InChI=1S/C17H26O/c1-3-4-12-5-6-13-9-10-17(2)15(14(13)11-12)7-8-16(17)18/h5-6,9,12,14-16,18H,3-4,7-8,10-11H2,1-2H3/t12-,14-,15+,16+,17+/m1/s1. The second kappa shape index (κ2) is 4.52. The van der Waals surface area contributed by atoms with Crippen molar-refractivity contribution in [1.82, 2.24) is 0 Å². The number of rotatable bonds is 2. The third-order valence-corrected chi connectivity index (χ3v) is 5.83. The quantitative estimate of drug-likeness (QED) is 0.778. The van der Waals surface area contributed by atoms with E-state index in [0.717, 1.165) is 30.6 Å². The molecule has 3 rings (SSSR count). The van der Waals surface area contributed by atoms with E-state index in [1.165, 1.54) is 25.7 Å². The number of aliphatic hydroxyl groups excluding tert-OH is 1. The summed E-state index contributed by atoms with van der Waals surface area (Å²) in [6, 6.07) is 0. The lowest BCUT2D eigenvalue weighted by molar-refractivity contribution is 0.0190. The second-order valence-corrected chi connectivity index (χ2v) is 6.86. The Labute approximate surface area is 111 Å².